The number of carbonyl (C=O) groups is 1. The number of ketones is 1. The van der Waals surface area contributed by atoms with Crippen LogP contribution < -0.4 is 10.9 Å². The first-order chi connectivity index (χ1) is 14.4. The number of nitrogens with one attached hydrogen (secondary N) is 1. The lowest BCUT2D eigenvalue weighted by Crippen LogP contribution is -2.53. The SMILES string of the molecule is CC1(C)[C@@H]2CC[C@@H](CNc3cnn(CC(=O)CCc4ccncc4)c(=O)c3Br)[C@H]1C2. The normalized spacial score (nSPS) is 24.2. The van der Waals surface area contributed by atoms with Gasteiger partial charge < -0.3 is 5.32 Å². The molecule has 3 fully saturated rings. The molecule has 0 amide bonds. The van der Waals surface area contributed by atoms with E-state index in [1.165, 1.54) is 23.9 Å². The van der Waals surface area contributed by atoms with Crippen LogP contribution in [0.15, 0.2) is 40.0 Å². The molecule has 0 aromatic carbocycles. The predicted octanol–water partition coefficient (Wildman–Crippen LogP) is 4.09. The Morgan fingerprint density at radius 3 is 2.77 bits per heavy atom. The maximum atomic E-state index is 12.7. The molecular formula is C23H29BrN4O2. The van der Waals surface area contributed by atoms with E-state index in [2.05, 4.69) is 45.2 Å². The van der Waals surface area contributed by atoms with Crippen LogP contribution in [-0.2, 0) is 17.8 Å². The Kier molecular flexibility index (Phi) is 6.09. The van der Waals surface area contributed by atoms with Gasteiger partial charge in [-0.2, -0.15) is 5.10 Å². The molecular weight excluding hydrogens is 444 g/mol. The molecule has 5 rings (SSSR count). The Labute approximate surface area is 185 Å². The number of nitrogens with zero attached hydrogens (tertiary/aromatic N) is 3. The molecule has 0 aliphatic heterocycles. The van der Waals surface area contributed by atoms with Crippen LogP contribution in [0.3, 0.4) is 0 Å². The summed E-state index contributed by atoms with van der Waals surface area (Å²) in [5.41, 5.74) is 1.94. The van der Waals surface area contributed by atoms with Gasteiger partial charge in [-0.15, -0.1) is 0 Å². The summed E-state index contributed by atoms with van der Waals surface area (Å²) in [5, 5.41) is 7.67. The van der Waals surface area contributed by atoms with E-state index in [1.54, 1.807) is 18.6 Å². The fourth-order valence-electron chi connectivity index (χ4n) is 5.23. The number of halogens is 1. The summed E-state index contributed by atoms with van der Waals surface area (Å²) in [7, 11) is 0. The number of fused-ring (bicyclic) bond motifs is 2. The lowest BCUT2D eigenvalue weighted by atomic mass is 9.45. The van der Waals surface area contributed by atoms with Gasteiger partial charge in [-0.05, 0) is 82.5 Å². The van der Waals surface area contributed by atoms with Gasteiger partial charge in [0.15, 0.2) is 5.78 Å². The van der Waals surface area contributed by atoms with Gasteiger partial charge in [0.25, 0.3) is 5.56 Å². The Bertz CT molecular complexity index is 971. The van der Waals surface area contributed by atoms with Crippen LogP contribution in [0.25, 0.3) is 0 Å². The number of rotatable bonds is 8. The van der Waals surface area contributed by atoms with E-state index in [1.807, 2.05) is 12.1 Å². The summed E-state index contributed by atoms with van der Waals surface area (Å²) < 4.78 is 1.69. The molecule has 0 unspecified atom stereocenters. The van der Waals surface area contributed by atoms with Crippen LogP contribution in [0, 0.1) is 23.2 Å². The van der Waals surface area contributed by atoms with Crippen LogP contribution >= 0.6 is 15.9 Å². The predicted molar refractivity (Wildman–Crippen MR) is 120 cm³/mol. The first-order valence-electron chi connectivity index (χ1n) is 10.8. The van der Waals surface area contributed by atoms with Crippen molar-refractivity contribution in [3.63, 3.8) is 0 Å². The molecule has 3 aliphatic carbocycles. The molecule has 0 saturated heterocycles. The number of anilines is 1. The van der Waals surface area contributed by atoms with Gasteiger partial charge in [0.1, 0.15) is 11.0 Å². The lowest BCUT2D eigenvalue weighted by molar-refractivity contribution is -0.119. The quantitative estimate of drug-likeness (QED) is 0.625. The topological polar surface area (TPSA) is 76.9 Å². The molecule has 1 N–H and O–H groups in total. The van der Waals surface area contributed by atoms with E-state index < -0.39 is 0 Å². The molecule has 6 nitrogen and oxygen atoms in total. The molecule has 2 bridgehead atoms. The second kappa shape index (κ2) is 8.61. The first-order valence-corrected chi connectivity index (χ1v) is 11.6. The highest BCUT2D eigenvalue weighted by molar-refractivity contribution is 9.10. The first kappa shape index (κ1) is 21.2. The van der Waals surface area contributed by atoms with Crippen LogP contribution in [0.4, 0.5) is 5.69 Å². The molecule has 30 heavy (non-hydrogen) atoms. The second-order valence-corrected chi connectivity index (χ2v) is 10.1. The van der Waals surface area contributed by atoms with Crippen LogP contribution in [0.1, 0.15) is 45.1 Å². The highest BCUT2D eigenvalue weighted by atomic mass is 79.9. The van der Waals surface area contributed by atoms with Crippen molar-refractivity contribution in [2.24, 2.45) is 23.2 Å². The Hall–Kier alpha value is -2.02. The number of hydrogen-bond donors (Lipinski definition) is 1. The number of aromatic nitrogens is 3. The molecule has 3 saturated carbocycles. The summed E-state index contributed by atoms with van der Waals surface area (Å²) in [5.74, 6) is 2.26. The molecule has 2 aromatic rings. The number of pyridine rings is 1. The molecule has 0 radical (unpaired) electrons. The average molecular weight is 473 g/mol. The van der Waals surface area contributed by atoms with Crippen molar-refractivity contribution in [3.8, 4) is 0 Å². The van der Waals surface area contributed by atoms with E-state index >= 15 is 0 Å². The summed E-state index contributed by atoms with van der Waals surface area (Å²) in [6.45, 7) is 5.63. The molecule has 2 heterocycles. The van der Waals surface area contributed by atoms with Crippen molar-refractivity contribution >= 4 is 27.4 Å². The van der Waals surface area contributed by atoms with Gasteiger partial charge in [-0.25, -0.2) is 4.68 Å². The van der Waals surface area contributed by atoms with Crippen LogP contribution in [0.5, 0.6) is 0 Å². The zero-order valence-corrected chi connectivity index (χ0v) is 19.2. The van der Waals surface area contributed by atoms with Gasteiger partial charge in [-0.1, -0.05) is 13.8 Å². The monoisotopic (exact) mass is 472 g/mol. The van der Waals surface area contributed by atoms with Crippen LogP contribution in [-0.4, -0.2) is 27.1 Å². The highest BCUT2D eigenvalue weighted by Crippen LogP contribution is 2.61. The second-order valence-electron chi connectivity index (χ2n) is 9.31. The van der Waals surface area contributed by atoms with Gasteiger partial charge in [0.2, 0.25) is 0 Å². The number of hydrogen-bond acceptors (Lipinski definition) is 5. The minimum atomic E-state index is -0.273. The standard InChI is InChI=1S/C23H29BrN4O2/c1-23(2)17-5-4-16(19(23)11-17)12-26-20-13-27-28(22(30)21(20)24)14-18(29)6-3-15-7-9-25-10-8-15/h7-10,13,16-17,19,26H,3-6,11-12,14H2,1-2H3/t16-,17+,19+/m0/s1. The Morgan fingerprint density at radius 2 is 2.07 bits per heavy atom. The minimum absolute atomic E-state index is 0.0108. The third-order valence-electron chi connectivity index (χ3n) is 7.31. The lowest BCUT2D eigenvalue weighted by Gasteiger charge is -2.60. The van der Waals surface area contributed by atoms with E-state index in [9.17, 15) is 9.59 Å². The molecule has 160 valence electrons. The molecule has 2 aromatic heterocycles. The van der Waals surface area contributed by atoms with Crippen molar-refractivity contribution in [2.75, 3.05) is 11.9 Å². The fraction of sp³-hybridized carbons (Fsp3) is 0.565. The highest BCUT2D eigenvalue weighted by Gasteiger charge is 2.53. The van der Waals surface area contributed by atoms with Crippen molar-refractivity contribution in [1.82, 2.24) is 14.8 Å². The molecule has 7 heteroatoms. The van der Waals surface area contributed by atoms with Crippen molar-refractivity contribution in [1.29, 1.82) is 0 Å². The third kappa shape index (κ3) is 4.22. The summed E-state index contributed by atoms with van der Waals surface area (Å²) in [4.78, 5) is 29.0. The molecule has 0 spiro atoms. The van der Waals surface area contributed by atoms with Crippen LogP contribution in [0.2, 0.25) is 0 Å². The van der Waals surface area contributed by atoms with Crippen molar-refractivity contribution < 1.29 is 4.79 Å². The summed E-state index contributed by atoms with van der Waals surface area (Å²) >= 11 is 3.42. The maximum Gasteiger partial charge on any atom is 0.283 e. The smallest absolute Gasteiger partial charge is 0.283 e. The van der Waals surface area contributed by atoms with E-state index in [0.717, 1.165) is 23.9 Å². The summed E-state index contributed by atoms with van der Waals surface area (Å²) in [6, 6.07) is 3.79. The molecule has 3 aliphatic rings. The van der Waals surface area contributed by atoms with Gasteiger partial charge >= 0.3 is 0 Å². The Balaban J connectivity index is 1.34. The average Bonchev–Trinajstić information content (AvgIpc) is 2.75. The van der Waals surface area contributed by atoms with E-state index in [0.29, 0.717) is 34.3 Å². The minimum Gasteiger partial charge on any atom is -0.382 e. The zero-order valence-electron chi connectivity index (χ0n) is 17.6. The van der Waals surface area contributed by atoms with Gasteiger partial charge in [0.05, 0.1) is 11.9 Å². The largest absolute Gasteiger partial charge is 0.382 e. The number of Topliss-reactive ketones (excluding diaryl/α,β-unsaturated/α-hetero) is 1. The fourth-order valence-corrected chi connectivity index (χ4v) is 5.68. The Morgan fingerprint density at radius 1 is 1.30 bits per heavy atom. The van der Waals surface area contributed by atoms with Gasteiger partial charge in [-0.3, -0.25) is 14.6 Å². The number of carbonyl (C=O) groups excluding carboxylic acids is 1. The zero-order chi connectivity index (χ0) is 21.3. The van der Waals surface area contributed by atoms with E-state index in [4.69, 9.17) is 0 Å². The van der Waals surface area contributed by atoms with Crippen molar-refractivity contribution in [2.45, 2.75) is 52.5 Å². The summed E-state index contributed by atoms with van der Waals surface area (Å²) in [6.07, 6.45) is 9.98. The third-order valence-corrected chi connectivity index (χ3v) is 8.08. The van der Waals surface area contributed by atoms with Crippen molar-refractivity contribution in [3.05, 3.63) is 51.1 Å². The molecule has 3 atom stereocenters. The maximum absolute atomic E-state index is 12.7. The number of aryl methyl sites for hydroxylation is 1. The van der Waals surface area contributed by atoms with Gasteiger partial charge in [0, 0.05) is 25.4 Å². The van der Waals surface area contributed by atoms with E-state index in [-0.39, 0.29) is 17.9 Å².